The van der Waals surface area contributed by atoms with Crippen molar-refractivity contribution >= 4 is 38.6 Å². The van der Waals surface area contributed by atoms with Gasteiger partial charge in [0, 0.05) is 34.7 Å². The van der Waals surface area contributed by atoms with E-state index in [9.17, 15) is 4.79 Å². The van der Waals surface area contributed by atoms with Crippen LogP contribution in [0.15, 0.2) is 53.1 Å². The third kappa shape index (κ3) is 2.61. The molecule has 0 bridgehead atoms. The topological polar surface area (TPSA) is 48.1 Å². The molecule has 2 N–H and O–H groups in total. The van der Waals surface area contributed by atoms with E-state index in [1.54, 1.807) is 0 Å². The number of amides is 2. The van der Waals surface area contributed by atoms with E-state index in [4.69, 9.17) is 0 Å². The normalized spacial score (nSPS) is 13.9. The van der Waals surface area contributed by atoms with Gasteiger partial charge in [0.1, 0.15) is 0 Å². The van der Waals surface area contributed by atoms with Crippen molar-refractivity contribution in [3.63, 3.8) is 0 Å². The Morgan fingerprint density at radius 1 is 1.17 bits per heavy atom. The number of aromatic nitrogens is 1. The van der Waals surface area contributed by atoms with Gasteiger partial charge in [-0.25, -0.2) is 4.79 Å². The van der Waals surface area contributed by atoms with Crippen molar-refractivity contribution in [2.75, 3.05) is 11.9 Å². The molecule has 4 rings (SSSR count). The molecule has 0 radical (unpaired) electrons. The zero-order valence-corrected chi connectivity index (χ0v) is 14.1. The molecule has 0 saturated heterocycles. The number of nitrogens with one attached hydrogen (secondary N) is 2. The molecule has 5 heteroatoms. The van der Waals surface area contributed by atoms with Crippen LogP contribution in [0.2, 0.25) is 0 Å². The predicted molar refractivity (Wildman–Crippen MR) is 95.6 cm³/mol. The molecule has 1 aliphatic heterocycles. The fraction of sp³-hybridized carbons (Fsp3) is 0.167. The van der Waals surface area contributed by atoms with E-state index in [0.29, 0.717) is 6.54 Å². The summed E-state index contributed by atoms with van der Waals surface area (Å²) in [6, 6.07) is 14.1. The fourth-order valence-electron chi connectivity index (χ4n) is 3.08. The van der Waals surface area contributed by atoms with Crippen LogP contribution in [0.4, 0.5) is 10.5 Å². The van der Waals surface area contributed by atoms with E-state index in [-0.39, 0.29) is 6.03 Å². The number of hydrogen-bond acceptors (Lipinski definition) is 1. The van der Waals surface area contributed by atoms with Crippen molar-refractivity contribution in [1.29, 1.82) is 0 Å². The number of halogens is 1. The Hall–Kier alpha value is -2.27. The van der Waals surface area contributed by atoms with E-state index in [1.807, 2.05) is 47.5 Å². The summed E-state index contributed by atoms with van der Waals surface area (Å²) in [6.07, 6.45) is 2.73. The van der Waals surface area contributed by atoms with Crippen LogP contribution in [0.1, 0.15) is 11.1 Å². The van der Waals surface area contributed by atoms with Gasteiger partial charge in [0.15, 0.2) is 0 Å². The molecule has 2 heterocycles. The summed E-state index contributed by atoms with van der Waals surface area (Å²) in [5, 5.41) is 4.05. The van der Waals surface area contributed by atoms with E-state index >= 15 is 0 Å². The number of para-hydroxylation sites is 1. The molecule has 0 atom stereocenters. The molecule has 0 aliphatic carbocycles. The first-order valence-corrected chi connectivity index (χ1v) is 8.40. The van der Waals surface area contributed by atoms with E-state index < -0.39 is 0 Å². The Morgan fingerprint density at radius 2 is 2.04 bits per heavy atom. The first-order valence-electron chi connectivity index (χ1n) is 7.60. The molecule has 0 unspecified atom stereocenters. The van der Waals surface area contributed by atoms with Crippen LogP contribution in [-0.2, 0) is 13.0 Å². The molecule has 116 valence electrons. The number of H-pyrrole nitrogens is 1. The lowest BCUT2D eigenvalue weighted by atomic mass is 10.0. The first-order chi connectivity index (χ1) is 11.2. The third-order valence-electron chi connectivity index (χ3n) is 4.33. The van der Waals surface area contributed by atoms with Crippen molar-refractivity contribution in [1.82, 2.24) is 9.88 Å². The number of benzene rings is 2. The van der Waals surface area contributed by atoms with Crippen LogP contribution in [0.25, 0.3) is 10.9 Å². The summed E-state index contributed by atoms with van der Waals surface area (Å²) in [4.78, 5) is 17.7. The van der Waals surface area contributed by atoms with Crippen LogP contribution >= 0.6 is 15.9 Å². The number of urea groups is 1. The standard InChI is InChI=1S/C18H16BrN3O/c19-15-6-3-4-12-8-9-22(11-14(12)15)18(23)21-17-10-20-16-7-2-1-5-13(16)17/h1-7,10,20H,8-9,11H2,(H,21,23). The second-order valence-electron chi connectivity index (χ2n) is 5.73. The van der Waals surface area contributed by atoms with E-state index in [1.165, 1.54) is 11.1 Å². The smallest absolute Gasteiger partial charge is 0.322 e. The second kappa shape index (κ2) is 5.74. The van der Waals surface area contributed by atoms with Crippen molar-refractivity contribution in [2.24, 2.45) is 0 Å². The number of aromatic amines is 1. The Labute approximate surface area is 142 Å². The van der Waals surface area contributed by atoms with E-state index in [0.717, 1.165) is 34.0 Å². The number of carbonyl (C=O) groups excluding carboxylic acids is 1. The van der Waals surface area contributed by atoms with Gasteiger partial charge < -0.3 is 15.2 Å². The first kappa shape index (κ1) is 14.3. The molecule has 0 spiro atoms. The number of anilines is 1. The highest BCUT2D eigenvalue weighted by Gasteiger charge is 2.22. The molecule has 2 aromatic carbocycles. The average molecular weight is 370 g/mol. The maximum atomic E-state index is 12.6. The van der Waals surface area contributed by atoms with Crippen LogP contribution in [0.5, 0.6) is 0 Å². The Morgan fingerprint density at radius 3 is 2.96 bits per heavy atom. The predicted octanol–water partition coefficient (Wildman–Crippen LogP) is 4.52. The number of fused-ring (bicyclic) bond motifs is 2. The van der Waals surface area contributed by atoms with Crippen molar-refractivity contribution in [2.45, 2.75) is 13.0 Å². The van der Waals surface area contributed by atoms with Gasteiger partial charge in [-0.05, 0) is 29.7 Å². The van der Waals surface area contributed by atoms with Crippen molar-refractivity contribution in [3.05, 3.63) is 64.3 Å². The highest BCUT2D eigenvalue weighted by atomic mass is 79.9. The van der Waals surface area contributed by atoms with Crippen LogP contribution < -0.4 is 5.32 Å². The van der Waals surface area contributed by atoms with Gasteiger partial charge in [-0.1, -0.05) is 46.3 Å². The van der Waals surface area contributed by atoms with Gasteiger partial charge in [-0.15, -0.1) is 0 Å². The van der Waals surface area contributed by atoms with Gasteiger partial charge in [0.2, 0.25) is 0 Å². The summed E-state index contributed by atoms with van der Waals surface area (Å²) >= 11 is 3.59. The van der Waals surface area contributed by atoms with Gasteiger partial charge in [0.05, 0.1) is 5.69 Å². The van der Waals surface area contributed by atoms with Gasteiger partial charge in [0.25, 0.3) is 0 Å². The Kier molecular flexibility index (Phi) is 3.58. The Balaban J connectivity index is 1.55. The summed E-state index contributed by atoms with van der Waals surface area (Å²) in [7, 11) is 0. The van der Waals surface area contributed by atoms with Gasteiger partial charge in [-0.3, -0.25) is 0 Å². The fourth-order valence-corrected chi connectivity index (χ4v) is 3.62. The zero-order valence-electron chi connectivity index (χ0n) is 12.5. The lowest BCUT2D eigenvalue weighted by Crippen LogP contribution is -2.39. The number of rotatable bonds is 1. The molecule has 23 heavy (non-hydrogen) atoms. The SMILES string of the molecule is O=C(Nc1c[nH]c2ccccc12)N1CCc2cccc(Br)c2C1. The molecule has 2 amide bonds. The second-order valence-corrected chi connectivity index (χ2v) is 6.58. The molecular weight excluding hydrogens is 354 g/mol. The largest absolute Gasteiger partial charge is 0.359 e. The third-order valence-corrected chi connectivity index (χ3v) is 5.08. The summed E-state index contributed by atoms with van der Waals surface area (Å²) in [6.45, 7) is 1.36. The number of nitrogens with zero attached hydrogens (tertiary/aromatic N) is 1. The molecule has 0 saturated carbocycles. The molecule has 1 aliphatic rings. The zero-order chi connectivity index (χ0) is 15.8. The van der Waals surface area contributed by atoms with Crippen LogP contribution in [0.3, 0.4) is 0 Å². The lowest BCUT2D eigenvalue weighted by Gasteiger charge is -2.29. The lowest BCUT2D eigenvalue weighted by molar-refractivity contribution is 0.206. The quantitative estimate of drug-likeness (QED) is 0.650. The maximum absolute atomic E-state index is 12.6. The summed E-state index contributed by atoms with van der Waals surface area (Å²) in [5.74, 6) is 0. The minimum atomic E-state index is -0.0591. The number of carbonyl (C=O) groups is 1. The molecule has 4 nitrogen and oxygen atoms in total. The minimum absolute atomic E-state index is 0.0591. The summed E-state index contributed by atoms with van der Waals surface area (Å²) < 4.78 is 1.07. The Bertz CT molecular complexity index is 887. The molecule has 1 aromatic heterocycles. The van der Waals surface area contributed by atoms with E-state index in [2.05, 4.69) is 32.3 Å². The molecule has 0 fully saturated rings. The highest BCUT2D eigenvalue weighted by molar-refractivity contribution is 9.10. The van der Waals surface area contributed by atoms with Crippen LogP contribution in [0, 0.1) is 0 Å². The minimum Gasteiger partial charge on any atom is -0.359 e. The van der Waals surface area contributed by atoms with Crippen molar-refractivity contribution < 1.29 is 4.79 Å². The molecular formula is C18H16BrN3O. The van der Waals surface area contributed by atoms with Crippen molar-refractivity contribution in [3.8, 4) is 0 Å². The van der Waals surface area contributed by atoms with Gasteiger partial charge in [-0.2, -0.15) is 0 Å². The monoisotopic (exact) mass is 369 g/mol. The summed E-state index contributed by atoms with van der Waals surface area (Å²) in [5.41, 5.74) is 4.36. The number of hydrogen-bond donors (Lipinski definition) is 2. The average Bonchev–Trinajstić information content (AvgIpc) is 2.98. The maximum Gasteiger partial charge on any atom is 0.322 e. The van der Waals surface area contributed by atoms with Gasteiger partial charge >= 0.3 is 6.03 Å². The molecule has 3 aromatic rings. The highest BCUT2D eigenvalue weighted by Crippen LogP contribution is 2.28. The van der Waals surface area contributed by atoms with Crippen LogP contribution in [-0.4, -0.2) is 22.5 Å².